The van der Waals surface area contributed by atoms with E-state index in [0.29, 0.717) is 44.1 Å². The summed E-state index contributed by atoms with van der Waals surface area (Å²) < 4.78 is 60.1. The second-order valence-electron chi connectivity index (χ2n) is 14.9. The molecule has 0 N–H and O–H groups in total. The lowest BCUT2D eigenvalue weighted by molar-refractivity contribution is 0.122. The maximum Gasteiger partial charge on any atom is 0.279 e. The van der Waals surface area contributed by atoms with E-state index in [9.17, 15) is 16.8 Å². The van der Waals surface area contributed by atoms with Crippen molar-refractivity contribution in [3.63, 3.8) is 0 Å². The Labute approximate surface area is 369 Å². The molecule has 9 rings (SSSR count). The minimum atomic E-state index is -3.71. The Balaban J connectivity index is 0.000000192. The van der Waals surface area contributed by atoms with E-state index in [1.54, 1.807) is 40.9 Å². The van der Waals surface area contributed by atoms with Gasteiger partial charge < -0.3 is 9.64 Å². The van der Waals surface area contributed by atoms with E-state index in [2.05, 4.69) is 65.1 Å². The SMILES string of the molecule is C.CS(=O)(=O)N1CCN(Cc2cc3c(N4CCOCC4)nc(-c4cccc5c4C=NC5)nc3s2)CC1.Cc1ccc(C)c(S(=O)(=O)N(C)/N=C/c2cnc3ccc(Br)cn23)c1. The lowest BCUT2D eigenvalue weighted by Gasteiger charge is -2.32. The summed E-state index contributed by atoms with van der Waals surface area (Å²) in [6.07, 6.45) is 8.19. The molecule has 0 spiro atoms. The van der Waals surface area contributed by atoms with Crippen LogP contribution in [0.25, 0.3) is 27.3 Å². The number of fused-ring (bicyclic) bond motifs is 3. The third-order valence-corrected chi connectivity index (χ3v) is 15.2. The summed E-state index contributed by atoms with van der Waals surface area (Å²) in [7, 11) is -5.42. The lowest BCUT2D eigenvalue weighted by atomic mass is 10.0. The predicted octanol–water partition coefficient (Wildman–Crippen LogP) is 6.21. The van der Waals surface area contributed by atoms with Crippen molar-refractivity contribution in [2.24, 2.45) is 10.1 Å². The summed E-state index contributed by atoms with van der Waals surface area (Å²) in [5.74, 6) is 1.70. The van der Waals surface area contributed by atoms with Gasteiger partial charge in [-0.3, -0.25) is 14.3 Å². The van der Waals surface area contributed by atoms with Crippen LogP contribution in [0.15, 0.2) is 86.5 Å². The van der Waals surface area contributed by atoms with E-state index >= 15 is 0 Å². The van der Waals surface area contributed by atoms with Gasteiger partial charge in [0.25, 0.3) is 10.0 Å². The fourth-order valence-electron chi connectivity index (χ4n) is 7.34. The molecular formula is C42H49BrN10O5S3. The zero-order valence-corrected chi connectivity index (χ0v) is 37.7. The highest BCUT2D eigenvalue weighted by Crippen LogP contribution is 2.36. The van der Waals surface area contributed by atoms with E-state index in [0.717, 1.165) is 85.8 Å². The molecule has 0 atom stereocenters. The van der Waals surface area contributed by atoms with Crippen molar-refractivity contribution in [3.8, 4) is 11.4 Å². The van der Waals surface area contributed by atoms with Crippen LogP contribution in [-0.4, -0.2) is 128 Å². The second-order valence-corrected chi connectivity index (χ2v) is 20.8. The number of thiophene rings is 1. The number of sulfonamides is 2. The van der Waals surface area contributed by atoms with Gasteiger partial charge in [0.1, 0.15) is 16.3 Å². The number of aryl methyl sites for hydroxylation is 2. The molecule has 0 saturated carbocycles. The van der Waals surface area contributed by atoms with Gasteiger partial charge in [0.15, 0.2) is 5.82 Å². The molecule has 2 fully saturated rings. The minimum absolute atomic E-state index is 0. The maximum absolute atomic E-state index is 12.8. The predicted molar refractivity (Wildman–Crippen MR) is 247 cm³/mol. The van der Waals surface area contributed by atoms with Crippen molar-refractivity contribution in [1.82, 2.24) is 33.0 Å². The molecule has 322 valence electrons. The second kappa shape index (κ2) is 18.4. The minimum Gasteiger partial charge on any atom is -0.378 e. The van der Waals surface area contributed by atoms with Gasteiger partial charge in [0, 0.05) is 85.7 Å². The Hall–Kier alpha value is -4.63. The van der Waals surface area contributed by atoms with E-state index in [4.69, 9.17) is 14.7 Å². The van der Waals surface area contributed by atoms with E-state index in [1.807, 2.05) is 41.9 Å². The molecule has 0 aliphatic carbocycles. The summed E-state index contributed by atoms with van der Waals surface area (Å²) in [6.45, 7) is 10.6. The highest BCUT2D eigenvalue weighted by atomic mass is 79.9. The number of hydrogen-bond donors (Lipinski definition) is 0. The third-order valence-electron chi connectivity index (χ3n) is 10.7. The van der Waals surface area contributed by atoms with E-state index in [1.165, 1.54) is 30.0 Å². The number of benzene rings is 2. The van der Waals surface area contributed by atoms with Crippen molar-refractivity contribution < 1.29 is 21.6 Å². The first-order chi connectivity index (χ1) is 28.7. The van der Waals surface area contributed by atoms with Crippen LogP contribution in [0.4, 0.5) is 5.82 Å². The first-order valence-corrected chi connectivity index (χ1v) is 24.3. The van der Waals surface area contributed by atoms with Crippen molar-refractivity contribution in [1.29, 1.82) is 0 Å². The summed E-state index contributed by atoms with van der Waals surface area (Å²) in [5, 5.41) is 5.19. The highest BCUT2D eigenvalue weighted by Gasteiger charge is 2.26. The van der Waals surface area contributed by atoms with Gasteiger partial charge in [-0.25, -0.2) is 23.4 Å². The van der Waals surface area contributed by atoms with Gasteiger partial charge in [-0.15, -0.1) is 11.3 Å². The van der Waals surface area contributed by atoms with Crippen LogP contribution in [-0.2, 0) is 37.9 Å². The van der Waals surface area contributed by atoms with Crippen LogP contribution < -0.4 is 4.90 Å². The molecule has 2 saturated heterocycles. The molecule has 7 heterocycles. The Morgan fingerprint density at radius 3 is 2.49 bits per heavy atom. The van der Waals surface area contributed by atoms with Crippen LogP contribution in [0, 0.1) is 13.8 Å². The van der Waals surface area contributed by atoms with Gasteiger partial charge in [-0.2, -0.15) is 22.2 Å². The number of nitrogens with zero attached hydrogens (tertiary/aromatic N) is 10. The molecule has 0 bridgehead atoms. The maximum atomic E-state index is 12.8. The zero-order valence-electron chi connectivity index (χ0n) is 33.7. The summed E-state index contributed by atoms with van der Waals surface area (Å²) in [4.78, 5) is 25.9. The normalized spacial score (nSPS) is 16.2. The molecule has 3 aliphatic rings. The molecule has 0 radical (unpaired) electrons. The summed E-state index contributed by atoms with van der Waals surface area (Å²) in [5.41, 5.74) is 6.34. The van der Waals surface area contributed by atoms with E-state index < -0.39 is 20.0 Å². The number of anilines is 1. The molecule has 4 aromatic heterocycles. The van der Waals surface area contributed by atoms with Crippen LogP contribution in [0.1, 0.15) is 40.3 Å². The van der Waals surface area contributed by atoms with Crippen LogP contribution in [0.3, 0.4) is 0 Å². The van der Waals surface area contributed by atoms with Gasteiger partial charge in [0.2, 0.25) is 10.0 Å². The van der Waals surface area contributed by atoms with Crippen LogP contribution in [0.5, 0.6) is 0 Å². The average Bonchev–Trinajstić information content (AvgIpc) is 3.99. The molecule has 19 heteroatoms. The van der Waals surface area contributed by atoms with Crippen molar-refractivity contribution in [3.05, 3.63) is 104 Å². The molecule has 3 aliphatic heterocycles. The Bertz CT molecular complexity index is 2850. The molecule has 0 amide bonds. The number of hydrogen-bond acceptors (Lipinski definition) is 13. The number of rotatable bonds is 9. The van der Waals surface area contributed by atoms with Gasteiger partial charge in [-0.05, 0) is 70.7 Å². The standard InChI is InChI=1S/C24H28N6O3S2.C17H17BrN4O2S.CH4/c1-35(31,32)30-7-5-28(6-8-30)16-18-13-20-23(29-9-11-33-12-10-29)26-22(27-24(20)34-18)19-4-2-3-17-14-25-15-21(17)19;1-12-4-5-13(2)16(8-12)25(23,24)21(3)20-10-15-9-19-17-7-6-14(18)11-22(15)17;/h2-4,13,15H,5-12,14,16H2,1H3;4-11H,1-3H3;1H4/b;20-10+;. The summed E-state index contributed by atoms with van der Waals surface area (Å²) >= 11 is 5.11. The van der Waals surface area contributed by atoms with Crippen molar-refractivity contribution in [2.45, 2.75) is 39.3 Å². The zero-order chi connectivity index (χ0) is 42.2. The van der Waals surface area contributed by atoms with Crippen LogP contribution >= 0.6 is 27.3 Å². The quantitative estimate of drug-likeness (QED) is 0.121. The molecular weight excluding hydrogens is 901 g/mol. The van der Waals surface area contributed by atoms with Crippen molar-refractivity contribution >= 4 is 81.4 Å². The Morgan fingerprint density at radius 2 is 1.74 bits per heavy atom. The molecule has 6 aromatic rings. The molecule has 0 unspecified atom stereocenters. The number of halogens is 1. The van der Waals surface area contributed by atoms with Gasteiger partial charge >= 0.3 is 0 Å². The topological polar surface area (TPSA) is 158 Å². The Morgan fingerprint density at radius 1 is 0.967 bits per heavy atom. The monoisotopic (exact) mass is 948 g/mol. The number of aromatic nitrogens is 4. The van der Waals surface area contributed by atoms with Gasteiger partial charge in [-0.1, -0.05) is 37.8 Å². The Kier molecular flexibility index (Phi) is 13.4. The largest absolute Gasteiger partial charge is 0.378 e. The molecule has 61 heavy (non-hydrogen) atoms. The average molecular weight is 950 g/mol. The lowest BCUT2D eigenvalue weighted by Crippen LogP contribution is -2.47. The molecule has 2 aromatic carbocycles. The third kappa shape index (κ3) is 9.72. The van der Waals surface area contributed by atoms with Crippen molar-refractivity contribution in [2.75, 3.05) is 70.7 Å². The van der Waals surface area contributed by atoms with Crippen LogP contribution in [0.2, 0.25) is 0 Å². The number of piperazine rings is 1. The number of hydrazone groups is 1. The summed E-state index contributed by atoms with van der Waals surface area (Å²) in [6, 6.07) is 17.5. The smallest absolute Gasteiger partial charge is 0.279 e. The highest BCUT2D eigenvalue weighted by molar-refractivity contribution is 9.10. The van der Waals surface area contributed by atoms with Gasteiger partial charge in [0.05, 0.1) is 54.4 Å². The van der Waals surface area contributed by atoms with E-state index in [-0.39, 0.29) is 12.3 Å². The first-order valence-electron chi connectivity index (χ1n) is 19.4. The fraction of sp³-hybridized carbons (Fsp3) is 0.357. The number of ether oxygens (including phenoxy) is 1. The number of pyridine rings is 1. The fourth-order valence-corrected chi connectivity index (χ4v) is 10.8. The molecule has 15 nitrogen and oxygen atoms in total. The first kappa shape index (κ1) is 44.4. The number of aliphatic imine (C=N–C) groups is 1. The number of morpholine rings is 1. The number of imidazole rings is 1.